The first-order chi connectivity index (χ1) is 13.6. The van der Waals surface area contributed by atoms with Crippen molar-refractivity contribution in [2.45, 2.75) is 31.7 Å². The molecule has 1 N–H and O–H groups in total. The first kappa shape index (κ1) is 22.3. The SMILES string of the molecule is CCN(CC(=O)NC(C)C)C(=O)COC(=O)CN1C(=O)c2ccccc2S1(=O)=O. The van der Waals surface area contributed by atoms with Crippen molar-refractivity contribution in [3.05, 3.63) is 29.8 Å². The van der Waals surface area contributed by atoms with Crippen LogP contribution in [-0.2, 0) is 29.1 Å². The lowest BCUT2D eigenvalue weighted by molar-refractivity contribution is -0.152. The number of hydrogen-bond acceptors (Lipinski definition) is 7. The maximum absolute atomic E-state index is 12.4. The fourth-order valence-corrected chi connectivity index (χ4v) is 4.21. The summed E-state index contributed by atoms with van der Waals surface area (Å²) in [4.78, 5) is 49.3. The van der Waals surface area contributed by atoms with Crippen LogP contribution >= 0.6 is 0 Å². The lowest BCUT2D eigenvalue weighted by Crippen LogP contribution is -2.44. The van der Waals surface area contributed by atoms with Crippen molar-refractivity contribution in [3.8, 4) is 0 Å². The molecule has 1 aromatic rings. The highest BCUT2D eigenvalue weighted by atomic mass is 32.2. The number of benzene rings is 1. The number of carbonyl (C=O) groups excluding carboxylic acids is 4. The second-order valence-corrected chi connectivity index (χ2v) is 8.43. The molecule has 2 rings (SSSR count). The molecule has 11 heteroatoms. The molecule has 0 fully saturated rings. The number of esters is 1. The Hall–Kier alpha value is -2.95. The number of nitrogens with one attached hydrogen (secondary N) is 1. The molecule has 1 aliphatic heterocycles. The van der Waals surface area contributed by atoms with Crippen molar-refractivity contribution < 1.29 is 32.3 Å². The van der Waals surface area contributed by atoms with Gasteiger partial charge in [0.05, 0.1) is 12.1 Å². The Morgan fingerprint density at radius 2 is 1.86 bits per heavy atom. The van der Waals surface area contributed by atoms with E-state index in [-0.39, 0.29) is 35.5 Å². The summed E-state index contributed by atoms with van der Waals surface area (Å²) in [6, 6.07) is 5.53. The molecule has 1 aliphatic rings. The van der Waals surface area contributed by atoms with Crippen LogP contribution in [0.3, 0.4) is 0 Å². The van der Waals surface area contributed by atoms with Crippen molar-refractivity contribution in [3.63, 3.8) is 0 Å². The van der Waals surface area contributed by atoms with Crippen LogP contribution in [0.5, 0.6) is 0 Å². The molecule has 158 valence electrons. The maximum atomic E-state index is 12.4. The third-order valence-electron chi connectivity index (χ3n) is 4.06. The highest BCUT2D eigenvalue weighted by Gasteiger charge is 2.42. The predicted molar refractivity (Wildman–Crippen MR) is 101 cm³/mol. The average molecular weight is 425 g/mol. The topological polar surface area (TPSA) is 130 Å². The van der Waals surface area contributed by atoms with E-state index in [1.807, 2.05) is 0 Å². The number of hydrogen-bond donors (Lipinski definition) is 1. The van der Waals surface area contributed by atoms with Crippen molar-refractivity contribution in [2.75, 3.05) is 26.2 Å². The number of sulfonamides is 1. The van der Waals surface area contributed by atoms with Crippen molar-refractivity contribution >= 4 is 33.7 Å². The number of rotatable bonds is 8. The minimum Gasteiger partial charge on any atom is -0.454 e. The van der Waals surface area contributed by atoms with Crippen molar-refractivity contribution in [1.29, 1.82) is 0 Å². The van der Waals surface area contributed by atoms with Gasteiger partial charge >= 0.3 is 5.97 Å². The molecular formula is C18H23N3O7S. The third-order valence-corrected chi connectivity index (χ3v) is 5.85. The van der Waals surface area contributed by atoms with E-state index >= 15 is 0 Å². The highest BCUT2D eigenvalue weighted by Crippen LogP contribution is 2.29. The molecule has 0 aliphatic carbocycles. The summed E-state index contributed by atoms with van der Waals surface area (Å²) in [5.41, 5.74) is -0.0234. The number of carbonyl (C=O) groups is 4. The van der Waals surface area contributed by atoms with Gasteiger partial charge in [0.2, 0.25) is 5.91 Å². The third kappa shape index (κ3) is 5.11. The Morgan fingerprint density at radius 3 is 2.45 bits per heavy atom. The van der Waals surface area contributed by atoms with E-state index in [1.165, 1.54) is 29.2 Å². The van der Waals surface area contributed by atoms with Crippen LogP contribution in [0.15, 0.2) is 29.2 Å². The maximum Gasteiger partial charge on any atom is 0.327 e. The van der Waals surface area contributed by atoms with Crippen molar-refractivity contribution in [2.24, 2.45) is 0 Å². The van der Waals surface area contributed by atoms with Gasteiger partial charge in [-0.2, -0.15) is 0 Å². The van der Waals surface area contributed by atoms with Gasteiger partial charge in [0.1, 0.15) is 11.4 Å². The molecule has 0 atom stereocenters. The van der Waals surface area contributed by atoms with Gasteiger partial charge in [-0.25, -0.2) is 12.7 Å². The van der Waals surface area contributed by atoms with Crippen LogP contribution in [0.1, 0.15) is 31.1 Å². The van der Waals surface area contributed by atoms with E-state index in [1.54, 1.807) is 20.8 Å². The number of amides is 3. The minimum atomic E-state index is -4.14. The van der Waals surface area contributed by atoms with Crippen LogP contribution < -0.4 is 5.32 Å². The number of ether oxygens (including phenoxy) is 1. The molecule has 0 unspecified atom stereocenters. The van der Waals surface area contributed by atoms with Gasteiger partial charge in [-0.1, -0.05) is 12.1 Å². The van der Waals surface area contributed by atoms with Gasteiger partial charge in [-0.15, -0.1) is 0 Å². The van der Waals surface area contributed by atoms with E-state index in [2.05, 4.69) is 5.32 Å². The van der Waals surface area contributed by atoms with Gasteiger partial charge in [0, 0.05) is 12.6 Å². The highest BCUT2D eigenvalue weighted by molar-refractivity contribution is 7.90. The second-order valence-electron chi connectivity index (χ2n) is 6.60. The minimum absolute atomic E-state index is 0.0234. The van der Waals surface area contributed by atoms with Crippen LogP contribution in [0.4, 0.5) is 0 Å². The molecule has 0 saturated heterocycles. The second kappa shape index (κ2) is 9.03. The Morgan fingerprint density at radius 1 is 1.21 bits per heavy atom. The Labute approximate surface area is 168 Å². The number of fused-ring (bicyclic) bond motifs is 1. The summed E-state index contributed by atoms with van der Waals surface area (Å²) in [5, 5.41) is 2.65. The van der Waals surface area contributed by atoms with Crippen LogP contribution in [-0.4, -0.2) is 73.6 Å². The summed E-state index contributed by atoms with van der Waals surface area (Å²) in [6.45, 7) is 3.73. The number of nitrogens with zero attached hydrogens (tertiary/aromatic N) is 2. The van der Waals surface area contributed by atoms with E-state index in [9.17, 15) is 27.6 Å². The van der Waals surface area contributed by atoms with Crippen LogP contribution in [0, 0.1) is 0 Å². The van der Waals surface area contributed by atoms with Gasteiger partial charge in [0.25, 0.3) is 21.8 Å². The van der Waals surface area contributed by atoms with Gasteiger partial charge in [0.15, 0.2) is 6.61 Å². The molecule has 3 amide bonds. The molecular weight excluding hydrogens is 402 g/mol. The molecule has 10 nitrogen and oxygen atoms in total. The zero-order valence-corrected chi connectivity index (χ0v) is 17.2. The molecule has 0 saturated carbocycles. The predicted octanol–water partition coefficient (Wildman–Crippen LogP) is -0.253. The van der Waals surface area contributed by atoms with Gasteiger partial charge < -0.3 is 15.0 Å². The van der Waals surface area contributed by atoms with Crippen LogP contribution in [0.25, 0.3) is 0 Å². The molecule has 29 heavy (non-hydrogen) atoms. The van der Waals surface area contributed by atoms with Gasteiger partial charge in [-0.05, 0) is 32.9 Å². The van der Waals surface area contributed by atoms with E-state index in [4.69, 9.17) is 4.74 Å². The summed E-state index contributed by atoms with van der Waals surface area (Å²) in [5.74, 6) is -2.85. The fraction of sp³-hybridized carbons (Fsp3) is 0.444. The standard InChI is InChI=1S/C18H23N3O7S/c1-4-20(9-15(22)19-12(2)3)16(23)11-28-17(24)10-21-18(25)13-7-5-6-8-14(13)29(21,26)27/h5-8,12H,4,9-11H2,1-3H3,(H,19,22). The Balaban J connectivity index is 1.94. The molecule has 1 aromatic carbocycles. The fourth-order valence-electron chi connectivity index (χ4n) is 2.70. The van der Waals surface area contributed by atoms with E-state index in [0.717, 1.165) is 0 Å². The number of likely N-dealkylation sites (N-methyl/N-ethyl adjacent to an activating group) is 1. The lowest BCUT2D eigenvalue weighted by Gasteiger charge is -2.21. The molecule has 0 radical (unpaired) electrons. The molecule has 0 spiro atoms. The first-order valence-corrected chi connectivity index (χ1v) is 10.4. The summed E-state index contributed by atoms with van der Waals surface area (Å²) in [7, 11) is -4.14. The largest absolute Gasteiger partial charge is 0.454 e. The van der Waals surface area contributed by atoms with Crippen LogP contribution in [0.2, 0.25) is 0 Å². The normalized spacial score (nSPS) is 14.5. The monoisotopic (exact) mass is 425 g/mol. The first-order valence-electron chi connectivity index (χ1n) is 8.96. The lowest BCUT2D eigenvalue weighted by atomic mass is 10.2. The quantitative estimate of drug-likeness (QED) is 0.568. The molecule has 0 bridgehead atoms. The zero-order valence-electron chi connectivity index (χ0n) is 16.4. The van der Waals surface area contributed by atoms with E-state index < -0.39 is 41.0 Å². The zero-order chi connectivity index (χ0) is 21.8. The van der Waals surface area contributed by atoms with E-state index in [0.29, 0.717) is 4.31 Å². The smallest absolute Gasteiger partial charge is 0.327 e. The summed E-state index contributed by atoms with van der Waals surface area (Å²) >= 11 is 0. The Bertz CT molecular complexity index is 927. The average Bonchev–Trinajstić information content (AvgIpc) is 2.84. The Kier molecular flexibility index (Phi) is 6.96. The molecule has 1 heterocycles. The van der Waals surface area contributed by atoms with Gasteiger partial charge in [-0.3, -0.25) is 19.2 Å². The summed E-state index contributed by atoms with van der Waals surface area (Å²) in [6.07, 6.45) is 0. The summed E-state index contributed by atoms with van der Waals surface area (Å²) < 4.78 is 30.1. The van der Waals surface area contributed by atoms with Crippen molar-refractivity contribution in [1.82, 2.24) is 14.5 Å². The molecule has 0 aromatic heterocycles.